The van der Waals surface area contributed by atoms with Crippen LogP contribution < -0.4 is 5.73 Å². The van der Waals surface area contributed by atoms with E-state index < -0.39 is 5.97 Å². The standard InChI is InChI=1S/C10H10N4O2/c11-5-6-2-1-3-7(4-6)8-12-9(10(15)16)14-13-8/h1-4H,5,11H2,(H,15,16)(H,12,13,14). The van der Waals surface area contributed by atoms with Crippen molar-refractivity contribution in [3.05, 3.63) is 35.7 Å². The topological polar surface area (TPSA) is 105 Å². The summed E-state index contributed by atoms with van der Waals surface area (Å²) in [5.74, 6) is -0.949. The Kier molecular flexibility index (Phi) is 2.65. The van der Waals surface area contributed by atoms with E-state index in [1.165, 1.54) is 0 Å². The predicted octanol–water partition coefficient (Wildman–Crippen LogP) is 0.629. The number of hydrogen-bond acceptors (Lipinski definition) is 4. The summed E-state index contributed by atoms with van der Waals surface area (Å²) < 4.78 is 0. The lowest BCUT2D eigenvalue weighted by atomic mass is 10.1. The molecule has 4 N–H and O–H groups in total. The molecular weight excluding hydrogens is 208 g/mol. The monoisotopic (exact) mass is 218 g/mol. The van der Waals surface area contributed by atoms with Gasteiger partial charge >= 0.3 is 5.97 Å². The highest BCUT2D eigenvalue weighted by Crippen LogP contribution is 2.15. The van der Waals surface area contributed by atoms with E-state index >= 15 is 0 Å². The number of carboxylic acids is 1. The molecule has 0 saturated heterocycles. The lowest BCUT2D eigenvalue weighted by Crippen LogP contribution is -1.98. The summed E-state index contributed by atoms with van der Waals surface area (Å²) in [7, 11) is 0. The maximum Gasteiger partial charge on any atom is 0.373 e. The number of benzene rings is 1. The van der Waals surface area contributed by atoms with Gasteiger partial charge in [-0.25, -0.2) is 9.78 Å². The van der Waals surface area contributed by atoms with Gasteiger partial charge in [0.1, 0.15) is 0 Å². The van der Waals surface area contributed by atoms with Crippen LogP contribution in [0.1, 0.15) is 16.2 Å². The van der Waals surface area contributed by atoms with Gasteiger partial charge in [0.15, 0.2) is 5.82 Å². The minimum atomic E-state index is -1.13. The summed E-state index contributed by atoms with van der Waals surface area (Å²) in [5.41, 5.74) is 7.19. The summed E-state index contributed by atoms with van der Waals surface area (Å²) in [5, 5.41) is 14.9. The van der Waals surface area contributed by atoms with Crippen molar-refractivity contribution in [3.63, 3.8) is 0 Å². The quantitative estimate of drug-likeness (QED) is 0.700. The van der Waals surface area contributed by atoms with Gasteiger partial charge in [-0.3, -0.25) is 5.10 Å². The van der Waals surface area contributed by atoms with Crippen LogP contribution in [0.15, 0.2) is 24.3 Å². The van der Waals surface area contributed by atoms with Crippen molar-refractivity contribution in [1.29, 1.82) is 0 Å². The molecule has 6 heteroatoms. The molecule has 6 nitrogen and oxygen atoms in total. The molecule has 0 saturated carbocycles. The van der Waals surface area contributed by atoms with Gasteiger partial charge in [0.05, 0.1) is 0 Å². The number of hydrogen-bond donors (Lipinski definition) is 3. The number of aromatic nitrogens is 3. The highest BCUT2D eigenvalue weighted by Gasteiger charge is 2.11. The van der Waals surface area contributed by atoms with E-state index in [-0.39, 0.29) is 5.82 Å². The van der Waals surface area contributed by atoms with Crippen LogP contribution in [0.3, 0.4) is 0 Å². The number of rotatable bonds is 3. The van der Waals surface area contributed by atoms with E-state index in [4.69, 9.17) is 10.8 Å². The molecule has 2 aromatic rings. The summed E-state index contributed by atoms with van der Waals surface area (Å²) in [6.45, 7) is 0.421. The average Bonchev–Trinajstić information content (AvgIpc) is 2.78. The highest BCUT2D eigenvalue weighted by molar-refractivity contribution is 5.83. The Morgan fingerprint density at radius 1 is 1.50 bits per heavy atom. The normalized spacial score (nSPS) is 10.3. The lowest BCUT2D eigenvalue weighted by Gasteiger charge is -1.98. The van der Waals surface area contributed by atoms with Gasteiger partial charge in [0, 0.05) is 12.1 Å². The fourth-order valence-electron chi connectivity index (χ4n) is 1.32. The molecule has 82 valence electrons. The Bertz CT molecular complexity index is 521. The zero-order valence-corrected chi connectivity index (χ0v) is 8.34. The first-order valence-electron chi connectivity index (χ1n) is 4.66. The third-order valence-electron chi connectivity index (χ3n) is 2.11. The largest absolute Gasteiger partial charge is 0.475 e. The van der Waals surface area contributed by atoms with E-state index in [0.29, 0.717) is 12.4 Å². The molecule has 1 aromatic heterocycles. The van der Waals surface area contributed by atoms with E-state index in [1.807, 2.05) is 18.2 Å². The van der Waals surface area contributed by atoms with Gasteiger partial charge in [-0.1, -0.05) is 18.2 Å². The van der Waals surface area contributed by atoms with Crippen molar-refractivity contribution in [3.8, 4) is 11.4 Å². The second-order valence-corrected chi connectivity index (χ2v) is 3.22. The van der Waals surface area contributed by atoms with Crippen LogP contribution in [0.5, 0.6) is 0 Å². The Balaban J connectivity index is 2.38. The zero-order chi connectivity index (χ0) is 11.5. The van der Waals surface area contributed by atoms with E-state index in [2.05, 4.69) is 15.2 Å². The number of nitrogens with zero attached hydrogens (tertiary/aromatic N) is 2. The van der Waals surface area contributed by atoms with E-state index in [1.54, 1.807) is 6.07 Å². The number of aromatic carboxylic acids is 1. The van der Waals surface area contributed by atoms with Crippen LogP contribution in [0, 0.1) is 0 Å². The molecule has 0 spiro atoms. The minimum Gasteiger partial charge on any atom is -0.475 e. The first-order valence-corrected chi connectivity index (χ1v) is 4.66. The first-order chi connectivity index (χ1) is 7.70. The summed E-state index contributed by atoms with van der Waals surface area (Å²) in [6, 6.07) is 7.34. The second kappa shape index (κ2) is 4.11. The van der Waals surface area contributed by atoms with Gasteiger partial charge in [-0.15, -0.1) is 0 Å². The molecule has 0 unspecified atom stereocenters. The number of H-pyrrole nitrogens is 1. The van der Waals surface area contributed by atoms with Crippen LogP contribution in [0.4, 0.5) is 0 Å². The van der Waals surface area contributed by atoms with E-state index in [0.717, 1.165) is 11.1 Å². The van der Waals surface area contributed by atoms with Crippen molar-refractivity contribution in [2.45, 2.75) is 6.54 Å². The maximum atomic E-state index is 10.6. The van der Waals surface area contributed by atoms with Gasteiger partial charge in [0.2, 0.25) is 5.82 Å². The molecule has 0 aliphatic heterocycles. The van der Waals surface area contributed by atoms with Gasteiger partial charge in [-0.2, -0.15) is 5.10 Å². The zero-order valence-electron chi connectivity index (χ0n) is 8.34. The third-order valence-corrected chi connectivity index (χ3v) is 2.11. The van der Waals surface area contributed by atoms with Crippen LogP contribution in [0.2, 0.25) is 0 Å². The van der Waals surface area contributed by atoms with Crippen LogP contribution in [-0.2, 0) is 6.54 Å². The summed E-state index contributed by atoms with van der Waals surface area (Å²) in [6.07, 6.45) is 0. The molecule has 0 radical (unpaired) electrons. The third kappa shape index (κ3) is 1.91. The van der Waals surface area contributed by atoms with Crippen molar-refractivity contribution in [2.75, 3.05) is 0 Å². The Morgan fingerprint density at radius 3 is 2.94 bits per heavy atom. The fourth-order valence-corrected chi connectivity index (χ4v) is 1.32. The average molecular weight is 218 g/mol. The second-order valence-electron chi connectivity index (χ2n) is 3.22. The molecular formula is C10H10N4O2. The number of carbonyl (C=O) groups is 1. The predicted molar refractivity (Wildman–Crippen MR) is 56.7 cm³/mol. The SMILES string of the molecule is NCc1cccc(-c2n[nH]c(C(=O)O)n2)c1. The molecule has 0 atom stereocenters. The van der Waals surface area contributed by atoms with Crippen molar-refractivity contribution >= 4 is 5.97 Å². The van der Waals surface area contributed by atoms with E-state index in [9.17, 15) is 4.79 Å². The molecule has 2 rings (SSSR count). The maximum absolute atomic E-state index is 10.6. The number of nitrogens with one attached hydrogen (secondary N) is 1. The Hall–Kier alpha value is -2.21. The smallest absolute Gasteiger partial charge is 0.373 e. The molecule has 1 heterocycles. The van der Waals surface area contributed by atoms with Crippen molar-refractivity contribution in [1.82, 2.24) is 15.2 Å². The molecule has 0 aliphatic carbocycles. The minimum absolute atomic E-state index is 0.173. The van der Waals surface area contributed by atoms with Gasteiger partial charge in [-0.05, 0) is 11.6 Å². The first kappa shape index (κ1) is 10.3. The summed E-state index contributed by atoms with van der Waals surface area (Å²) in [4.78, 5) is 14.5. The number of nitrogens with two attached hydrogens (primary N) is 1. The van der Waals surface area contributed by atoms with Crippen LogP contribution in [-0.4, -0.2) is 26.3 Å². The fraction of sp³-hybridized carbons (Fsp3) is 0.100. The molecule has 0 aliphatic rings. The Labute approximate surface area is 91.1 Å². The van der Waals surface area contributed by atoms with Crippen molar-refractivity contribution < 1.29 is 9.90 Å². The van der Waals surface area contributed by atoms with Gasteiger partial charge < -0.3 is 10.8 Å². The molecule has 0 bridgehead atoms. The van der Waals surface area contributed by atoms with Crippen molar-refractivity contribution in [2.24, 2.45) is 5.73 Å². The number of carboxylic acid groups (broad SMARTS) is 1. The molecule has 0 amide bonds. The molecule has 0 fully saturated rings. The van der Waals surface area contributed by atoms with Crippen LogP contribution in [0.25, 0.3) is 11.4 Å². The molecule has 16 heavy (non-hydrogen) atoms. The summed E-state index contributed by atoms with van der Waals surface area (Å²) >= 11 is 0. The van der Waals surface area contributed by atoms with Crippen LogP contribution >= 0.6 is 0 Å². The molecule has 1 aromatic carbocycles. The van der Waals surface area contributed by atoms with Gasteiger partial charge in [0.25, 0.3) is 0 Å². The lowest BCUT2D eigenvalue weighted by molar-refractivity contribution is 0.0684. The Morgan fingerprint density at radius 2 is 2.31 bits per heavy atom. The number of aromatic amines is 1. The highest BCUT2D eigenvalue weighted by atomic mass is 16.4.